The van der Waals surface area contributed by atoms with Gasteiger partial charge in [-0.25, -0.2) is 0 Å². The number of benzene rings is 1. The molecule has 1 aromatic heterocycles. The summed E-state index contributed by atoms with van der Waals surface area (Å²) < 4.78 is 0. The van der Waals surface area contributed by atoms with Gasteiger partial charge in [-0.15, -0.1) is 0 Å². The van der Waals surface area contributed by atoms with Crippen molar-refractivity contribution in [3.63, 3.8) is 0 Å². The highest BCUT2D eigenvalue weighted by molar-refractivity contribution is 6.43. The van der Waals surface area contributed by atoms with Crippen molar-refractivity contribution < 1.29 is 0 Å². The smallest absolute Gasteiger partial charge is 0.0922 e. The number of halogens is 5. The van der Waals surface area contributed by atoms with E-state index < -0.39 is 0 Å². The summed E-state index contributed by atoms with van der Waals surface area (Å²) in [4.78, 5) is 4.16. The van der Waals surface area contributed by atoms with Gasteiger partial charge < -0.3 is 0 Å². The zero-order chi connectivity index (χ0) is 14.9. The maximum atomic E-state index is 8.82. The summed E-state index contributed by atoms with van der Waals surface area (Å²) >= 11 is 30.4. The quantitative estimate of drug-likeness (QED) is 0.645. The van der Waals surface area contributed by atoms with Gasteiger partial charge in [-0.1, -0.05) is 58.0 Å². The Kier molecular flexibility index (Phi) is 5.01. The first-order valence-corrected chi connectivity index (χ1v) is 7.19. The highest BCUT2D eigenvalue weighted by Gasteiger charge is 2.18. The number of hydrogen-bond donors (Lipinski definition) is 0. The van der Waals surface area contributed by atoms with Crippen LogP contribution in [-0.2, 0) is 6.42 Å². The molecule has 0 N–H and O–H groups in total. The predicted octanol–water partition coefficient (Wildman–Crippen LogP) is 6.08. The molecule has 0 unspecified atom stereocenters. The summed E-state index contributed by atoms with van der Waals surface area (Å²) in [6.07, 6.45) is 1.48. The molecule has 20 heavy (non-hydrogen) atoms. The van der Waals surface area contributed by atoms with Crippen LogP contribution in [0.3, 0.4) is 0 Å². The molecule has 2 nitrogen and oxygen atoms in total. The van der Waals surface area contributed by atoms with Gasteiger partial charge >= 0.3 is 0 Å². The minimum atomic E-state index is 0.0655. The fraction of sp³-hybridized carbons (Fsp3) is 0.0769. The lowest BCUT2D eigenvalue weighted by molar-refractivity contribution is 1.21. The molecule has 0 aliphatic rings. The lowest BCUT2D eigenvalue weighted by Crippen LogP contribution is -1.94. The van der Waals surface area contributed by atoms with E-state index in [1.165, 1.54) is 6.20 Å². The number of pyridine rings is 1. The third kappa shape index (κ3) is 2.98. The normalized spacial score (nSPS) is 10.4. The van der Waals surface area contributed by atoms with Crippen molar-refractivity contribution in [1.29, 1.82) is 5.26 Å². The Hall–Kier alpha value is -0.690. The van der Waals surface area contributed by atoms with Crippen molar-refractivity contribution in [3.8, 4) is 17.3 Å². The van der Waals surface area contributed by atoms with E-state index in [9.17, 15) is 0 Å². The molecular formula is C13H5Cl5N2. The Bertz CT molecular complexity index is 698. The Morgan fingerprint density at radius 1 is 1.00 bits per heavy atom. The molecule has 0 amide bonds. The molecular weight excluding hydrogens is 361 g/mol. The Morgan fingerprint density at radius 3 is 2.15 bits per heavy atom. The van der Waals surface area contributed by atoms with Crippen LogP contribution in [0.2, 0.25) is 25.1 Å². The van der Waals surface area contributed by atoms with Gasteiger partial charge in [-0.05, 0) is 12.1 Å². The SMILES string of the molecule is N#CCc1c(Cl)cnc(-c2c(Cl)cc(Cl)cc2Cl)c1Cl. The second-order valence-corrected chi connectivity index (χ2v) is 5.86. The van der Waals surface area contributed by atoms with Crippen LogP contribution in [-0.4, -0.2) is 4.98 Å². The van der Waals surface area contributed by atoms with E-state index in [0.29, 0.717) is 36.9 Å². The summed E-state index contributed by atoms with van der Waals surface area (Å²) in [5.41, 5.74) is 1.31. The monoisotopic (exact) mass is 364 g/mol. The van der Waals surface area contributed by atoms with Gasteiger partial charge in [0.15, 0.2) is 0 Å². The first kappa shape index (κ1) is 15.7. The van der Waals surface area contributed by atoms with Gasteiger partial charge in [0.1, 0.15) is 0 Å². The molecule has 0 aliphatic carbocycles. The van der Waals surface area contributed by atoms with Gasteiger partial charge in [0.2, 0.25) is 0 Å². The van der Waals surface area contributed by atoms with Crippen LogP contribution < -0.4 is 0 Å². The van der Waals surface area contributed by atoms with E-state index in [1.54, 1.807) is 12.1 Å². The summed E-state index contributed by atoms with van der Waals surface area (Å²) in [7, 11) is 0. The molecule has 0 fully saturated rings. The van der Waals surface area contributed by atoms with Crippen molar-refractivity contribution >= 4 is 58.0 Å². The molecule has 0 spiro atoms. The average Bonchev–Trinajstić information content (AvgIpc) is 2.36. The highest BCUT2D eigenvalue weighted by Crippen LogP contribution is 2.41. The maximum absolute atomic E-state index is 8.82. The fourth-order valence-electron chi connectivity index (χ4n) is 1.69. The minimum absolute atomic E-state index is 0.0655. The van der Waals surface area contributed by atoms with E-state index in [1.807, 2.05) is 6.07 Å². The summed E-state index contributed by atoms with van der Waals surface area (Å²) in [6.45, 7) is 0. The highest BCUT2D eigenvalue weighted by atomic mass is 35.5. The second kappa shape index (κ2) is 6.39. The summed E-state index contributed by atoms with van der Waals surface area (Å²) in [5, 5.41) is 10.4. The number of rotatable bonds is 2. The Morgan fingerprint density at radius 2 is 1.60 bits per heavy atom. The lowest BCUT2D eigenvalue weighted by Gasteiger charge is -2.12. The topological polar surface area (TPSA) is 36.7 Å². The molecule has 2 aromatic rings. The van der Waals surface area contributed by atoms with Crippen LogP contribution in [0.25, 0.3) is 11.3 Å². The van der Waals surface area contributed by atoms with Crippen LogP contribution in [0.5, 0.6) is 0 Å². The first-order chi connectivity index (χ1) is 9.45. The zero-order valence-corrected chi connectivity index (χ0v) is 13.5. The Balaban J connectivity index is 2.72. The standard InChI is InChI=1S/C13H5Cl5N2/c14-6-3-8(15)11(9(16)4-6)13-12(18)7(1-2-19)10(17)5-20-13/h3-5H,1H2. The molecule has 1 heterocycles. The van der Waals surface area contributed by atoms with Crippen LogP contribution >= 0.6 is 58.0 Å². The first-order valence-electron chi connectivity index (χ1n) is 5.30. The minimum Gasteiger partial charge on any atom is -0.253 e. The average molecular weight is 366 g/mol. The molecule has 7 heteroatoms. The molecule has 0 aliphatic heterocycles. The molecule has 2 rings (SSSR count). The number of nitriles is 1. The predicted molar refractivity (Wildman–Crippen MR) is 84.0 cm³/mol. The van der Waals surface area contributed by atoms with Crippen molar-refractivity contribution in [1.82, 2.24) is 4.98 Å². The molecule has 0 radical (unpaired) electrons. The largest absolute Gasteiger partial charge is 0.253 e. The van der Waals surface area contributed by atoms with Crippen molar-refractivity contribution in [3.05, 3.63) is 49.0 Å². The van der Waals surface area contributed by atoms with Gasteiger partial charge in [-0.2, -0.15) is 5.26 Å². The molecule has 1 aromatic carbocycles. The van der Waals surface area contributed by atoms with E-state index >= 15 is 0 Å². The zero-order valence-electron chi connectivity index (χ0n) is 9.72. The maximum Gasteiger partial charge on any atom is 0.0922 e. The van der Waals surface area contributed by atoms with Crippen LogP contribution in [0, 0.1) is 11.3 Å². The third-order valence-corrected chi connectivity index (χ3v) is 4.11. The van der Waals surface area contributed by atoms with Crippen molar-refractivity contribution in [2.45, 2.75) is 6.42 Å². The second-order valence-electron chi connectivity index (χ2n) is 3.83. The fourth-order valence-corrected chi connectivity index (χ4v) is 3.25. The number of hydrogen-bond acceptors (Lipinski definition) is 2. The molecule has 102 valence electrons. The summed E-state index contributed by atoms with van der Waals surface area (Å²) in [6, 6.07) is 5.08. The van der Waals surface area contributed by atoms with E-state index in [4.69, 9.17) is 63.3 Å². The molecule has 0 atom stereocenters. The van der Waals surface area contributed by atoms with Crippen LogP contribution in [0.15, 0.2) is 18.3 Å². The van der Waals surface area contributed by atoms with E-state index in [0.717, 1.165) is 0 Å². The van der Waals surface area contributed by atoms with Crippen molar-refractivity contribution in [2.75, 3.05) is 0 Å². The van der Waals surface area contributed by atoms with Crippen molar-refractivity contribution in [2.24, 2.45) is 0 Å². The summed E-state index contributed by atoms with van der Waals surface area (Å²) in [5.74, 6) is 0. The van der Waals surface area contributed by atoms with E-state index in [-0.39, 0.29) is 11.4 Å². The van der Waals surface area contributed by atoms with Crippen LogP contribution in [0.1, 0.15) is 5.56 Å². The van der Waals surface area contributed by atoms with Gasteiger partial charge in [0.25, 0.3) is 0 Å². The molecule has 0 saturated carbocycles. The lowest BCUT2D eigenvalue weighted by atomic mass is 10.1. The van der Waals surface area contributed by atoms with Gasteiger partial charge in [0, 0.05) is 22.3 Å². The van der Waals surface area contributed by atoms with Crippen LogP contribution in [0.4, 0.5) is 0 Å². The number of nitrogens with zero attached hydrogens (tertiary/aromatic N) is 2. The third-order valence-electron chi connectivity index (χ3n) is 2.57. The molecule has 0 saturated heterocycles. The van der Waals surface area contributed by atoms with Gasteiger partial charge in [-0.3, -0.25) is 4.98 Å². The molecule has 0 bridgehead atoms. The van der Waals surface area contributed by atoms with E-state index in [2.05, 4.69) is 4.98 Å². The number of aromatic nitrogens is 1. The van der Waals surface area contributed by atoms with Gasteiger partial charge in [0.05, 0.1) is 38.3 Å². The Labute approximate surface area is 140 Å².